The molecule has 1 aromatic rings. The number of hydrogen-bond acceptors (Lipinski definition) is 9. The number of carboxylic acid groups (broad SMARTS) is 1. The van der Waals surface area contributed by atoms with Gasteiger partial charge in [0.05, 0.1) is 18.4 Å². The fourth-order valence-electron chi connectivity index (χ4n) is 3.93. The molecule has 3 unspecified atom stereocenters. The second-order valence-electron chi connectivity index (χ2n) is 10.7. The molecule has 0 saturated carbocycles. The highest BCUT2D eigenvalue weighted by atomic mass is 16.7. The maximum Gasteiger partial charge on any atom is 0.508 e. The summed E-state index contributed by atoms with van der Waals surface area (Å²) in [5.41, 5.74) is 4.89. The summed E-state index contributed by atoms with van der Waals surface area (Å²) in [5, 5.41) is 9.93. The maximum atomic E-state index is 12.7. The number of hydrogen-bond donors (Lipinski definition) is 2. The number of ether oxygens (including phenoxy) is 4. The lowest BCUT2D eigenvalue weighted by molar-refractivity contribution is -0.145. The van der Waals surface area contributed by atoms with E-state index in [0.29, 0.717) is 18.4 Å². The molecule has 0 amide bonds. The van der Waals surface area contributed by atoms with Crippen molar-refractivity contribution < 1.29 is 43.2 Å². The van der Waals surface area contributed by atoms with Crippen LogP contribution in [0.5, 0.6) is 11.5 Å². The number of aliphatic carboxylic acids is 1. The van der Waals surface area contributed by atoms with E-state index in [9.17, 15) is 24.3 Å². The van der Waals surface area contributed by atoms with Crippen LogP contribution in [0.15, 0.2) is 18.2 Å². The monoisotopic (exact) mass is 551 g/mol. The van der Waals surface area contributed by atoms with E-state index < -0.39 is 35.7 Å². The van der Waals surface area contributed by atoms with Crippen molar-refractivity contribution in [3.8, 4) is 11.5 Å². The van der Waals surface area contributed by atoms with E-state index in [0.717, 1.165) is 12.8 Å². The fourth-order valence-corrected chi connectivity index (χ4v) is 3.93. The van der Waals surface area contributed by atoms with Crippen LogP contribution in [0.3, 0.4) is 0 Å². The van der Waals surface area contributed by atoms with Gasteiger partial charge in [-0.15, -0.1) is 0 Å². The predicted octanol–water partition coefficient (Wildman–Crippen LogP) is 5.28. The van der Waals surface area contributed by atoms with Crippen LogP contribution in [-0.2, 0) is 30.3 Å². The van der Waals surface area contributed by atoms with E-state index in [2.05, 4.69) is 0 Å². The van der Waals surface area contributed by atoms with Gasteiger partial charge in [0.15, 0.2) is 11.5 Å². The molecule has 0 heterocycles. The van der Waals surface area contributed by atoms with Crippen molar-refractivity contribution in [3.05, 3.63) is 23.8 Å². The molecule has 39 heavy (non-hydrogen) atoms. The maximum absolute atomic E-state index is 12.7. The first kappa shape index (κ1) is 33.9. The van der Waals surface area contributed by atoms with Gasteiger partial charge in [0, 0.05) is 12.8 Å². The third-order valence-electron chi connectivity index (χ3n) is 6.11. The highest BCUT2D eigenvalue weighted by molar-refractivity contribution is 5.80. The van der Waals surface area contributed by atoms with E-state index in [-0.39, 0.29) is 48.7 Å². The average molecular weight is 552 g/mol. The second kappa shape index (κ2) is 16.1. The first-order chi connectivity index (χ1) is 18.2. The molecule has 0 saturated heterocycles. The van der Waals surface area contributed by atoms with Gasteiger partial charge >= 0.3 is 24.1 Å². The molecule has 0 aromatic heterocycles. The zero-order valence-electron chi connectivity index (χ0n) is 24.3. The smallest absolute Gasteiger partial charge is 0.480 e. The summed E-state index contributed by atoms with van der Waals surface area (Å²) in [5.74, 6) is -2.81. The Morgan fingerprint density at radius 2 is 1.44 bits per heavy atom. The van der Waals surface area contributed by atoms with Crippen LogP contribution in [-0.4, -0.2) is 47.4 Å². The molecular formula is C29H45NO9. The third kappa shape index (κ3) is 11.6. The van der Waals surface area contributed by atoms with Crippen molar-refractivity contribution in [2.24, 2.45) is 23.5 Å². The minimum absolute atomic E-state index is 0.00630. The SMILES string of the molecule is CCCC(C)C(=O)Oc1ccc(CC(N)(C[C@H](C)OC(=O)OCC(C)C)C(=O)O)cc1OC(=O)C(C)CCC. The lowest BCUT2D eigenvalue weighted by Gasteiger charge is -2.28. The van der Waals surface area contributed by atoms with Gasteiger partial charge in [-0.05, 0) is 43.4 Å². The van der Waals surface area contributed by atoms with Gasteiger partial charge < -0.3 is 29.8 Å². The quantitative estimate of drug-likeness (QED) is 0.205. The number of benzene rings is 1. The Labute approximate surface area is 231 Å². The van der Waals surface area contributed by atoms with Crippen molar-refractivity contribution in [1.29, 1.82) is 0 Å². The van der Waals surface area contributed by atoms with Crippen LogP contribution in [0.4, 0.5) is 4.79 Å². The molecule has 4 atom stereocenters. The molecular weight excluding hydrogens is 506 g/mol. The minimum atomic E-state index is -1.82. The van der Waals surface area contributed by atoms with Gasteiger partial charge in [-0.1, -0.05) is 60.5 Å². The van der Waals surface area contributed by atoms with E-state index in [4.69, 9.17) is 24.7 Å². The number of rotatable bonds is 16. The summed E-state index contributed by atoms with van der Waals surface area (Å²) in [7, 11) is 0. The molecule has 0 aliphatic carbocycles. The summed E-state index contributed by atoms with van der Waals surface area (Å²) in [6.07, 6.45) is 0.715. The first-order valence-electron chi connectivity index (χ1n) is 13.6. The fraction of sp³-hybridized carbons (Fsp3) is 0.655. The predicted molar refractivity (Wildman–Crippen MR) is 145 cm³/mol. The van der Waals surface area contributed by atoms with Crippen LogP contribution < -0.4 is 15.2 Å². The Morgan fingerprint density at radius 1 is 0.897 bits per heavy atom. The van der Waals surface area contributed by atoms with E-state index in [1.807, 2.05) is 27.7 Å². The number of nitrogens with two attached hydrogens (primary N) is 1. The van der Waals surface area contributed by atoms with E-state index >= 15 is 0 Å². The van der Waals surface area contributed by atoms with Gasteiger partial charge in [-0.25, -0.2) is 4.79 Å². The number of carbonyl (C=O) groups excluding carboxylic acids is 3. The molecule has 10 nitrogen and oxygen atoms in total. The van der Waals surface area contributed by atoms with Gasteiger partial charge in [-0.3, -0.25) is 14.4 Å². The minimum Gasteiger partial charge on any atom is -0.480 e. The normalized spacial score (nSPS) is 15.0. The Bertz CT molecular complexity index is 978. The number of carboxylic acids is 1. The molecule has 1 aromatic carbocycles. The molecule has 220 valence electrons. The summed E-state index contributed by atoms with van der Waals surface area (Å²) in [6.45, 7) is 12.9. The number of esters is 2. The topological polar surface area (TPSA) is 151 Å². The van der Waals surface area contributed by atoms with E-state index in [1.165, 1.54) is 19.1 Å². The largest absolute Gasteiger partial charge is 0.508 e. The Morgan fingerprint density at radius 3 is 1.92 bits per heavy atom. The van der Waals surface area contributed by atoms with Crippen LogP contribution in [0.1, 0.15) is 86.1 Å². The molecule has 10 heteroatoms. The Kier molecular flexibility index (Phi) is 14.0. The summed E-state index contributed by atoms with van der Waals surface area (Å²) >= 11 is 0. The Hall–Kier alpha value is -3.14. The molecule has 0 radical (unpaired) electrons. The summed E-state index contributed by atoms with van der Waals surface area (Å²) in [6, 6.07) is 4.48. The summed E-state index contributed by atoms with van der Waals surface area (Å²) < 4.78 is 21.3. The van der Waals surface area contributed by atoms with Crippen molar-refractivity contribution in [3.63, 3.8) is 0 Å². The molecule has 1 rings (SSSR count). The van der Waals surface area contributed by atoms with Gasteiger partial charge in [0.25, 0.3) is 0 Å². The van der Waals surface area contributed by atoms with Gasteiger partial charge in [-0.2, -0.15) is 0 Å². The van der Waals surface area contributed by atoms with Crippen LogP contribution in [0.25, 0.3) is 0 Å². The standard InChI is InChI=1S/C29H45NO9/c1-8-10-19(5)25(31)38-23-13-12-22(14-24(23)39-26(32)20(6)11-9-2)16-29(30,27(33)34)15-21(7)37-28(35)36-17-18(3)4/h12-14,18-21H,8-11,15-17,30H2,1-7H3,(H,33,34)/t19?,20?,21-,29?/m0/s1. The zero-order valence-corrected chi connectivity index (χ0v) is 24.3. The van der Waals surface area contributed by atoms with E-state index in [1.54, 1.807) is 19.9 Å². The molecule has 0 bridgehead atoms. The van der Waals surface area contributed by atoms with Crippen LogP contribution in [0.2, 0.25) is 0 Å². The van der Waals surface area contributed by atoms with Crippen molar-refractivity contribution >= 4 is 24.1 Å². The lowest BCUT2D eigenvalue weighted by Crippen LogP contribution is -2.52. The van der Waals surface area contributed by atoms with Crippen molar-refractivity contribution in [2.75, 3.05) is 6.61 Å². The third-order valence-corrected chi connectivity index (χ3v) is 6.11. The molecule has 0 aliphatic rings. The Balaban J connectivity index is 3.20. The zero-order chi connectivity index (χ0) is 29.8. The highest BCUT2D eigenvalue weighted by Gasteiger charge is 2.37. The molecule has 0 spiro atoms. The molecule has 3 N–H and O–H groups in total. The number of carbonyl (C=O) groups is 4. The second-order valence-corrected chi connectivity index (χ2v) is 10.7. The average Bonchev–Trinajstić information content (AvgIpc) is 2.84. The highest BCUT2D eigenvalue weighted by Crippen LogP contribution is 2.32. The summed E-state index contributed by atoms with van der Waals surface area (Å²) in [4.78, 5) is 49.3. The van der Waals surface area contributed by atoms with Crippen molar-refractivity contribution in [1.82, 2.24) is 0 Å². The first-order valence-corrected chi connectivity index (χ1v) is 13.6. The van der Waals surface area contributed by atoms with Crippen molar-refractivity contribution in [2.45, 2.75) is 98.6 Å². The lowest BCUT2D eigenvalue weighted by atomic mass is 9.86. The van der Waals surface area contributed by atoms with Gasteiger partial charge in [0.2, 0.25) is 0 Å². The van der Waals surface area contributed by atoms with Crippen LogP contribution in [0, 0.1) is 17.8 Å². The molecule has 0 fully saturated rings. The van der Waals surface area contributed by atoms with Gasteiger partial charge in [0.1, 0.15) is 11.6 Å². The van der Waals surface area contributed by atoms with Crippen LogP contribution >= 0.6 is 0 Å². The molecule has 0 aliphatic heterocycles.